The molecule has 0 aromatic heterocycles. The lowest BCUT2D eigenvalue weighted by Crippen LogP contribution is -2.30. The fraction of sp³-hybridized carbons (Fsp3) is 0.562. The van der Waals surface area contributed by atoms with Gasteiger partial charge in [-0.05, 0) is 57.5 Å². The van der Waals surface area contributed by atoms with Crippen LogP contribution in [0.15, 0.2) is 24.3 Å². The van der Waals surface area contributed by atoms with E-state index in [2.05, 4.69) is 4.90 Å². The molecule has 1 heterocycles. The lowest BCUT2D eigenvalue weighted by Gasteiger charge is -2.26. The van der Waals surface area contributed by atoms with Gasteiger partial charge in [0.25, 0.3) is 0 Å². The number of piperidine rings is 1. The van der Waals surface area contributed by atoms with Gasteiger partial charge < -0.3 is 9.64 Å². The van der Waals surface area contributed by atoms with Crippen LogP contribution < -0.4 is 4.74 Å². The van der Waals surface area contributed by atoms with E-state index in [0.29, 0.717) is 17.9 Å². The van der Waals surface area contributed by atoms with Crippen LogP contribution in [0.1, 0.15) is 42.5 Å². The molecule has 1 fully saturated rings. The van der Waals surface area contributed by atoms with Gasteiger partial charge in [-0.3, -0.25) is 4.79 Å². The van der Waals surface area contributed by atoms with Gasteiger partial charge in [-0.15, -0.1) is 12.4 Å². The molecule has 0 spiro atoms. The third-order valence-electron chi connectivity index (χ3n) is 3.62. The van der Waals surface area contributed by atoms with Crippen LogP contribution in [0.5, 0.6) is 5.75 Å². The fourth-order valence-electron chi connectivity index (χ4n) is 2.51. The Hall–Kier alpha value is -1.06. The van der Waals surface area contributed by atoms with Gasteiger partial charge in [0.1, 0.15) is 5.75 Å². The van der Waals surface area contributed by atoms with E-state index in [9.17, 15) is 4.79 Å². The first kappa shape index (κ1) is 17.0. The lowest BCUT2D eigenvalue weighted by molar-refractivity contribution is 0.111. The molecule has 0 saturated carbocycles. The van der Waals surface area contributed by atoms with Gasteiger partial charge in [0, 0.05) is 0 Å². The number of nitrogens with zero attached hydrogens (tertiary/aromatic N) is 1. The van der Waals surface area contributed by atoms with Crippen LogP contribution in [0.2, 0.25) is 0 Å². The zero-order valence-electron chi connectivity index (χ0n) is 11.9. The summed E-state index contributed by atoms with van der Waals surface area (Å²) in [5.74, 6) is 0.704. The molecular formula is C16H24ClNO2. The van der Waals surface area contributed by atoms with E-state index in [0.717, 1.165) is 12.7 Å². The number of unbranched alkanes of at least 4 members (excludes halogenated alkanes) is 1. The van der Waals surface area contributed by atoms with E-state index in [4.69, 9.17) is 4.74 Å². The van der Waals surface area contributed by atoms with Crippen LogP contribution in [-0.4, -0.2) is 37.4 Å². The molecule has 0 N–H and O–H groups in total. The third kappa shape index (κ3) is 5.51. The number of ether oxygens (including phenoxy) is 1. The highest BCUT2D eigenvalue weighted by Crippen LogP contribution is 2.16. The van der Waals surface area contributed by atoms with Gasteiger partial charge >= 0.3 is 0 Å². The highest BCUT2D eigenvalue weighted by Gasteiger charge is 2.09. The monoisotopic (exact) mass is 297 g/mol. The summed E-state index contributed by atoms with van der Waals surface area (Å²) in [5, 5.41) is 0. The maximum atomic E-state index is 10.8. The smallest absolute Gasteiger partial charge is 0.153 e. The van der Waals surface area contributed by atoms with E-state index in [1.165, 1.54) is 45.3 Å². The number of para-hydroxylation sites is 1. The van der Waals surface area contributed by atoms with E-state index < -0.39 is 0 Å². The van der Waals surface area contributed by atoms with Gasteiger partial charge in [-0.2, -0.15) is 0 Å². The fourth-order valence-corrected chi connectivity index (χ4v) is 2.51. The maximum Gasteiger partial charge on any atom is 0.153 e. The summed E-state index contributed by atoms with van der Waals surface area (Å²) in [7, 11) is 0. The second-order valence-corrected chi connectivity index (χ2v) is 5.11. The van der Waals surface area contributed by atoms with E-state index in [1.807, 2.05) is 18.2 Å². The molecule has 0 amide bonds. The van der Waals surface area contributed by atoms with E-state index in [1.54, 1.807) is 6.07 Å². The predicted molar refractivity (Wildman–Crippen MR) is 84.1 cm³/mol. The average Bonchev–Trinajstić information content (AvgIpc) is 2.48. The van der Waals surface area contributed by atoms with Crippen molar-refractivity contribution in [3.63, 3.8) is 0 Å². The molecule has 112 valence electrons. The summed E-state index contributed by atoms with van der Waals surface area (Å²) in [6.07, 6.45) is 7.16. The van der Waals surface area contributed by atoms with Crippen LogP contribution >= 0.6 is 12.4 Å². The van der Waals surface area contributed by atoms with Crippen molar-refractivity contribution in [2.45, 2.75) is 32.1 Å². The molecule has 4 heteroatoms. The Balaban J connectivity index is 0.00000200. The Morgan fingerprint density at radius 1 is 1.10 bits per heavy atom. The highest BCUT2D eigenvalue weighted by molar-refractivity contribution is 5.85. The SMILES string of the molecule is Cl.O=Cc1ccccc1OCCCCN1CCCCC1. The predicted octanol–water partition coefficient (Wildman–Crippen LogP) is 3.57. The second kappa shape index (κ2) is 9.78. The number of carbonyl (C=O) groups is 1. The first-order valence-electron chi connectivity index (χ1n) is 7.29. The van der Waals surface area contributed by atoms with Crippen molar-refractivity contribution in [1.82, 2.24) is 4.90 Å². The molecule has 0 atom stereocenters. The number of rotatable bonds is 7. The molecule has 2 rings (SSSR count). The minimum atomic E-state index is 0. The van der Waals surface area contributed by atoms with Gasteiger partial charge in [0.15, 0.2) is 6.29 Å². The molecule has 1 aromatic rings. The van der Waals surface area contributed by atoms with Crippen molar-refractivity contribution >= 4 is 18.7 Å². The molecule has 0 radical (unpaired) electrons. The maximum absolute atomic E-state index is 10.8. The number of hydrogen-bond acceptors (Lipinski definition) is 3. The zero-order valence-corrected chi connectivity index (χ0v) is 12.7. The summed E-state index contributed by atoms with van der Waals surface area (Å²) >= 11 is 0. The number of halogens is 1. The molecule has 1 aliphatic rings. The number of hydrogen-bond donors (Lipinski definition) is 0. The van der Waals surface area contributed by atoms with Crippen LogP contribution in [0.25, 0.3) is 0 Å². The molecule has 1 aromatic carbocycles. The third-order valence-corrected chi connectivity index (χ3v) is 3.62. The lowest BCUT2D eigenvalue weighted by atomic mass is 10.1. The standard InChI is InChI=1S/C16H23NO2.ClH/c18-14-15-8-2-3-9-16(15)19-13-7-6-12-17-10-4-1-5-11-17;/h2-3,8-9,14H,1,4-7,10-13H2;1H. The first-order valence-corrected chi connectivity index (χ1v) is 7.29. The Morgan fingerprint density at radius 2 is 1.85 bits per heavy atom. The molecule has 0 unspecified atom stereocenters. The molecule has 0 aliphatic carbocycles. The van der Waals surface area contributed by atoms with Crippen LogP contribution in [0, 0.1) is 0 Å². The van der Waals surface area contributed by atoms with Gasteiger partial charge in [-0.1, -0.05) is 18.6 Å². The topological polar surface area (TPSA) is 29.5 Å². The minimum Gasteiger partial charge on any atom is -0.493 e. The Morgan fingerprint density at radius 3 is 2.60 bits per heavy atom. The second-order valence-electron chi connectivity index (χ2n) is 5.11. The number of aldehydes is 1. The quantitative estimate of drug-likeness (QED) is 0.569. The highest BCUT2D eigenvalue weighted by atomic mass is 35.5. The summed E-state index contributed by atoms with van der Waals surface area (Å²) in [6, 6.07) is 7.40. The normalized spacial score (nSPS) is 15.4. The number of benzene rings is 1. The molecule has 1 saturated heterocycles. The number of carbonyl (C=O) groups excluding carboxylic acids is 1. The molecule has 0 bridgehead atoms. The van der Waals surface area contributed by atoms with E-state index >= 15 is 0 Å². The van der Waals surface area contributed by atoms with Crippen molar-refractivity contribution in [1.29, 1.82) is 0 Å². The van der Waals surface area contributed by atoms with Crippen molar-refractivity contribution < 1.29 is 9.53 Å². The Labute approximate surface area is 127 Å². The zero-order chi connectivity index (χ0) is 13.3. The largest absolute Gasteiger partial charge is 0.493 e. The van der Waals surface area contributed by atoms with Crippen LogP contribution in [0.4, 0.5) is 0 Å². The average molecular weight is 298 g/mol. The molecule has 3 nitrogen and oxygen atoms in total. The van der Waals surface area contributed by atoms with Crippen LogP contribution in [0.3, 0.4) is 0 Å². The molecule has 1 aliphatic heterocycles. The van der Waals surface area contributed by atoms with Gasteiger partial charge in [-0.25, -0.2) is 0 Å². The summed E-state index contributed by atoms with van der Waals surface area (Å²) < 4.78 is 5.67. The van der Waals surface area contributed by atoms with Crippen molar-refractivity contribution in [2.75, 3.05) is 26.2 Å². The Bertz CT molecular complexity index is 392. The minimum absolute atomic E-state index is 0. The Kier molecular flexibility index (Phi) is 8.31. The van der Waals surface area contributed by atoms with E-state index in [-0.39, 0.29) is 12.4 Å². The summed E-state index contributed by atoms with van der Waals surface area (Å²) in [6.45, 7) is 4.39. The van der Waals surface area contributed by atoms with Crippen molar-refractivity contribution in [3.8, 4) is 5.75 Å². The number of likely N-dealkylation sites (tertiary alicyclic amines) is 1. The summed E-state index contributed by atoms with van der Waals surface area (Å²) in [4.78, 5) is 13.4. The van der Waals surface area contributed by atoms with Gasteiger partial charge in [0.2, 0.25) is 0 Å². The van der Waals surface area contributed by atoms with Gasteiger partial charge in [0.05, 0.1) is 12.2 Å². The van der Waals surface area contributed by atoms with Crippen molar-refractivity contribution in [2.24, 2.45) is 0 Å². The first-order chi connectivity index (χ1) is 9.40. The molecular weight excluding hydrogens is 274 g/mol. The molecule has 20 heavy (non-hydrogen) atoms. The van der Waals surface area contributed by atoms with Crippen molar-refractivity contribution in [3.05, 3.63) is 29.8 Å². The summed E-state index contributed by atoms with van der Waals surface area (Å²) in [5.41, 5.74) is 0.638. The van der Waals surface area contributed by atoms with Crippen LogP contribution in [-0.2, 0) is 0 Å².